The Bertz CT molecular complexity index is 2660. The highest BCUT2D eigenvalue weighted by atomic mass is 32.1. The first-order chi connectivity index (χ1) is 22.8. The predicted octanol–water partition coefficient (Wildman–Crippen LogP) is 12.4. The molecule has 0 radical (unpaired) electrons. The third kappa shape index (κ3) is 3.82. The number of aromatic nitrogens is 1. The van der Waals surface area contributed by atoms with Crippen LogP contribution >= 0.6 is 11.3 Å². The average molecular weight is 609 g/mol. The van der Waals surface area contributed by atoms with Crippen LogP contribution in [0.15, 0.2) is 154 Å². The Morgan fingerprint density at radius 1 is 0.522 bits per heavy atom. The van der Waals surface area contributed by atoms with Gasteiger partial charge in [0.2, 0.25) is 5.89 Å². The van der Waals surface area contributed by atoms with Crippen molar-refractivity contribution in [3.63, 3.8) is 0 Å². The van der Waals surface area contributed by atoms with E-state index in [1.165, 1.54) is 20.2 Å². The van der Waals surface area contributed by atoms with Crippen LogP contribution in [0, 0.1) is 0 Å². The number of anilines is 3. The number of fused-ring (bicyclic) bond motifs is 9. The van der Waals surface area contributed by atoms with Crippen LogP contribution in [0.25, 0.3) is 75.4 Å². The van der Waals surface area contributed by atoms with Crippen LogP contribution in [0.5, 0.6) is 0 Å². The highest BCUT2D eigenvalue weighted by Gasteiger charge is 2.22. The van der Waals surface area contributed by atoms with E-state index in [0.717, 1.165) is 66.4 Å². The largest absolute Gasteiger partial charge is 0.456 e. The number of hydrogen-bond donors (Lipinski definition) is 0. The number of hydrogen-bond acceptors (Lipinski definition) is 5. The van der Waals surface area contributed by atoms with Gasteiger partial charge in [-0.25, -0.2) is 4.98 Å². The highest BCUT2D eigenvalue weighted by molar-refractivity contribution is 7.25. The lowest BCUT2D eigenvalue weighted by Gasteiger charge is -2.27. The van der Waals surface area contributed by atoms with Gasteiger partial charge >= 0.3 is 0 Å². The molecule has 0 fully saturated rings. The lowest BCUT2D eigenvalue weighted by Crippen LogP contribution is -2.10. The molecular weight excluding hydrogens is 585 g/mol. The van der Waals surface area contributed by atoms with Crippen molar-refractivity contribution in [2.45, 2.75) is 0 Å². The lowest BCUT2D eigenvalue weighted by molar-refractivity contribution is 0.623. The molecule has 10 aromatic rings. The fourth-order valence-corrected chi connectivity index (χ4v) is 7.85. The van der Waals surface area contributed by atoms with Gasteiger partial charge in [-0.3, -0.25) is 0 Å². The Morgan fingerprint density at radius 3 is 2.17 bits per heavy atom. The van der Waals surface area contributed by atoms with Crippen LogP contribution in [-0.2, 0) is 0 Å². The van der Waals surface area contributed by atoms with Crippen molar-refractivity contribution in [3.8, 4) is 11.5 Å². The first kappa shape index (κ1) is 25.4. The summed E-state index contributed by atoms with van der Waals surface area (Å²) in [6.45, 7) is 0. The van der Waals surface area contributed by atoms with Crippen LogP contribution in [0.4, 0.5) is 17.1 Å². The van der Waals surface area contributed by atoms with E-state index in [1.807, 2.05) is 53.8 Å². The molecule has 0 unspecified atom stereocenters. The van der Waals surface area contributed by atoms with E-state index in [4.69, 9.17) is 13.8 Å². The predicted molar refractivity (Wildman–Crippen MR) is 192 cm³/mol. The fourth-order valence-electron chi connectivity index (χ4n) is 6.76. The second kappa shape index (κ2) is 9.80. The van der Waals surface area contributed by atoms with Crippen LogP contribution in [0.3, 0.4) is 0 Å². The molecule has 5 heteroatoms. The molecule has 7 aromatic carbocycles. The van der Waals surface area contributed by atoms with Gasteiger partial charge in [-0.2, -0.15) is 0 Å². The summed E-state index contributed by atoms with van der Waals surface area (Å²) in [6.07, 6.45) is 0. The first-order valence-corrected chi connectivity index (χ1v) is 16.1. The molecule has 0 N–H and O–H groups in total. The molecule has 0 amide bonds. The molecule has 0 bridgehead atoms. The van der Waals surface area contributed by atoms with E-state index < -0.39 is 0 Å². The summed E-state index contributed by atoms with van der Waals surface area (Å²) in [5.41, 5.74) is 7.42. The Balaban J connectivity index is 1.28. The summed E-state index contributed by atoms with van der Waals surface area (Å²) in [5.74, 6) is 0.613. The standard InChI is InChI=1S/C41H24N2O2S/c1-2-9-26(10-3-1)41-42-33-20-17-25-11-8-14-34(39(25)40(33)45-41)43(27-18-21-36-31(23-27)29-12-4-6-15-35(29)44-36)28-19-22-38-32(24-28)30-13-5-7-16-37(30)46-38/h1-24H. The zero-order valence-electron chi connectivity index (χ0n) is 24.5. The van der Waals surface area contributed by atoms with Crippen molar-refractivity contribution in [1.82, 2.24) is 4.98 Å². The first-order valence-electron chi connectivity index (χ1n) is 15.3. The molecule has 0 atom stereocenters. The minimum atomic E-state index is 0.613. The number of thiophene rings is 1. The Kier molecular flexibility index (Phi) is 5.41. The lowest BCUT2D eigenvalue weighted by atomic mass is 10.0. The zero-order valence-corrected chi connectivity index (χ0v) is 25.3. The van der Waals surface area contributed by atoms with E-state index in [2.05, 4.69) is 108 Å². The summed E-state index contributed by atoms with van der Waals surface area (Å²) in [7, 11) is 0. The maximum atomic E-state index is 6.61. The molecular formula is C41H24N2O2S. The van der Waals surface area contributed by atoms with Gasteiger partial charge in [0, 0.05) is 47.9 Å². The fraction of sp³-hybridized carbons (Fsp3) is 0. The maximum absolute atomic E-state index is 6.61. The summed E-state index contributed by atoms with van der Waals surface area (Å²) in [6, 6.07) is 50.9. The Morgan fingerprint density at radius 2 is 1.26 bits per heavy atom. The summed E-state index contributed by atoms with van der Waals surface area (Å²) >= 11 is 1.83. The zero-order chi connectivity index (χ0) is 30.2. The van der Waals surface area contributed by atoms with Gasteiger partial charge in [0.25, 0.3) is 0 Å². The van der Waals surface area contributed by atoms with Crippen molar-refractivity contribution >= 4 is 92.4 Å². The normalized spacial score (nSPS) is 11.9. The number of para-hydroxylation sites is 1. The second-order valence-corrected chi connectivity index (χ2v) is 12.7. The van der Waals surface area contributed by atoms with E-state index in [-0.39, 0.29) is 0 Å². The topological polar surface area (TPSA) is 42.4 Å². The molecule has 0 aliphatic heterocycles. The molecule has 0 spiro atoms. The third-order valence-electron chi connectivity index (χ3n) is 8.87. The average Bonchev–Trinajstić information content (AvgIpc) is 3.82. The van der Waals surface area contributed by atoms with E-state index in [9.17, 15) is 0 Å². The molecule has 0 saturated carbocycles. The van der Waals surface area contributed by atoms with E-state index >= 15 is 0 Å². The maximum Gasteiger partial charge on any atom is 0.227 e. The SMILES string of the molecule is c1ccc(-c2nc3ccc4cccc(N(c5ccc6oc7ccccc7c6c5)c5ccc6sc7ccccc7c6c5)c4c3o2)cc1. The monoisotopic (exact) mass is 608 g/mol. The third-order valence-corrected chi connectivity index (χ3v) is 10.0. The minimum absolute atomic E-state index is 0.613. The van der Waals surface area contributed by atoms with Gasteiger partial charge in [0.05, 0.1) is 11.1 Å². The summed E-state index contributed by atoms with van der Waals surface area (Å²) in [4.78, 5) is 7.27. The molecule has 0 aliphatic carbocycles. The Labute approximate surface area is 267 Å². The molecule has 3 heterocycles. The molecule has 3 aromatic heterocycles. The molecule has 0 aliphatic rings. The minimum Gasteiger partial charge on any atom is -0.456 e. The number of benzene rings is 7. The summed E-state index contributed by atoms with van der Waals surface area (Å²) < 4.78 is 15.4. The van der Waals surface area contributed by atoms with Crippen molar-refractivity contribution in [3.05, 3.63) is 146 Å². The van der Waals surface area contributed by atoms with Crippen LogP contribution < -0.4 is 4.90 Å². The number of nitrogens with zero attached hydrogens (tertiary/aromatic N) is 2. The molecule has 0 saturated heterocycles. The van der Waals surface area contributed by atoms with Crippen molar-refractivity contribution in [2.24, 2.45) is 0 Å². The smallest absolute Gasteiger partial charge is 0.227 e. The quantitative estimate of drug-likeness (QED) is 0.199. The number of rotatable bonds is 4. The van der Waals surface area contributed by atoms with E-state index in [0.29, 0.717) is 5.89 Å². The Hall–Kier alpha value is -5.91. The van der Waals surface area contributed by atoms with Crippen LogP contribution in [0.1, 0.15) is 0 Å². The van der Waals surface area contributed by atoms with Gasteiger partial charge in [-0.15, -0.1) is 11.3 Å². The van der Waals surface area contributed by atoms with Gasteiger partial charge in [0.1, 0.15) is 16.7 Å². The van der Waals surface area contributed by atoms with Crippen LogP contribution in [0.2, 0.25) is 0 Å². The number of furan rings is 1. The molecule has 4 nitrogen and oxygen atoms in total. The number of oxazole rings is 1. The van der Waals surface area contributed by atoms with Gasteiger partial charge < -0.3 is 13.7 Å². The van der Waals surface area contributed by atoms with Gasteiger partial charge in [-0.1, -0.05) is 72.8 Å². The van der Waals surface area contributed by atoms with Crippen molar-refractivity contribution < 1.29 is 8.83 Å². The second-order valence-electron chi connectivity index (χ2n) is 11.6. The molecule has 216 valence electrons. The van der Waals surface area contributed by atoms with Gasteiger partial charge in [0.15, 0.2) is 5.58 Å². The van der Waals surface area contributed by atoms with Crippen LogP contribution in [-0.4, -0.2) is 4.98 Å². The van der Waals surface area contributed by atoms with Crippen molar-refractivity contribution in [1.29, 1.82) is 0 Å². The highest BCUT2D eigenvalue weighted by Crippen LogP contribution is 2.46. The van der Waals surface area contributed by atoms with Crippen molar-refractivity contribution in [2.75, 3.05) is 4.90 Å². The molecule has 46 heavy (non-hydrogen) atoms. The summed E-state index contributed by atoms with van der Waals surface area (Å²) in [5, 5.41) is 6.79. The molecule has 10 rings (SSSR count). The van der Waals surface area contributed by atoms with Gasteiger partial charge in [-0.05, 0) is 78.2 Å². The van der Waals surface area contributed by atoms with E-state index in [1.54, 1.807) is 0 Å².